The van der Waals surface area contributed by atoms with Crippen molar-refractivity contribution in [3.05, 3.63) is 53.7 Å². The van der Waals surface area contributed by atoms with Gasteiger partial charge in [-0.05, 0) is 55.2 Å². The minimum absolute atomic E-state index is 0.414. The number of benzene rings is 1. The maximum absolute atomic E-state index is 4.50. The smallest absolute Gasteiger partial charge is 0.132 e. The van der Waals surface area contributed by atoms with Gasteiger partial charge in [-0.3, -0.25) is 4.98 Å². The van der Waals surface area contributed by atoms with Crippen molar-refractivity contribution in [1.29, 1.82) is 0 Å². The van der Waals surface area contributed by atoms with E-state index in [1.165, 1.54) is 36.6 Å². The van der Waals surface area contributed by atoms with E-state index in [0.29, 0.717) is 11.8 Å². The number of nitrogens with one attached hydrogen (secondary N) is 1. The molecule has 0 bridgehead atoms. The van der Waals surface area contributed by atoms with E-state index in [2.05, 4.69) is 64.3 Å². The van der Waals surface area contributed by atoms with E-state index in [1.807, 2.05) is 6.20 Å². The zero-order chi connectivity index (χ0) is 17.2. The highest BCUT2D eigenvalue weighted by molar-refractivity contribution is 5.82. The van der Waals surface area contributed by atoms with Crippen LogP contribution in [-0.4, -0.2) is 20.2 Å². The summed E-state index contributed by atoms with van der Waals surface area (Å²) in [7, 11) is 0. The molecule has 4 rings (SSSR count). The lowest BCUT2D eigenvalue weighted by atomic mass is 9.77. The molecule has 4 nitrogen and oxygen atoms in total. The van der Waals surface area contributed by atoms with Gasteiger partial charge in [-0.25, -0.2) is 0 Å². The Labute approximate surface area is 149 Å². The van der Waals surface area contributed by atoms with Gasteiger partial charge < -0.3 is 4.98 Å². The Hall–Kier alpha value is -2.23. The van der Waals surface area contributed by atoms with Crippen molar-refractivity contribution < 1.29 is 0 Å². The lowest BCUT2D eigenvalue weighted by Crippen LogP contribution is -2.16. The Morgan fingerprint density at radius 3 is 2.60 bits per heavy atom. The molecule has 4 heteroatoms. The standard InChI is InChI=1S/C21H26N4/c1-14(2)21-23-20(24-25-21)13-15-7-9-16(10-8-15)17-11-12-22-19-6-4-3-5-18(17)19/h3-6,11-12,14-16H,7-10,13H2,1-2H3,(H,23,24,25)/t15-,16-. The second kappa shape index (κ2) is 6.95. The van der Waals surface area contributed by atoms with Gasteiger partial charge in [0.05, 0.1) is 5.52 Å². The van der Waals surface area contributed by atoms with Gasteiger partial charge in [-0.2, -0.15) is 0 Å². The molecule has 2 aromatic heterocycles. The van der Waals surface area contributed by atoms with Gasteiger partial charge in [0.25, 0.3) is 0 Å². The van der Waals surface area contributed by atoms with Crippen LogP contribution in [0.3, 0.4) is 0 Å². The average molecular weight is 334 g/mol. The van der Waals surface area contributed by atoms with Crippen molar-refractivity contribution in [2.24, 2.45) is 5.92 Å². The van der Waals surface area contributed by atoms with Crippen LogP contribution in [0, 0.1) is 5.92 Å². The second-order valence-corrected chi connectivity index (χ2v) is 7.65. The molecule has 0 radical (unpaired) electrons. The zero-order valence-corrected chi connectivity index (χ0v) is 15.1. The third kappa shape index (κ3) is 3.44. The monoisotopic (exact) mass is 334 g/mol. The van der Waals surface area contributed by atoms with Crippen LogP contribution < -0.4 is 0 Å². The highest BCUT2D eigenvalue weighted by Crippen LogP contribution is 2.39. The van der Waals surface area contributed by atoms with Gasteiger partial charge in [0.2, 0.25) is 0 Å². The number of aromatic nitrogens is 4. The number of rotatable bonds is 4. The summed E-state index contributed by atoms with van der Waals surface area (Å²) in [6.45, 7) is 4.29. The molecular formula is C21H26N4. The van der Waals surface area contributed by atoms with Crippen molar-refractivity contribution in [2.75, 3.05) is 0 Å². The molecule has 130 valence electrons. The minimum Gasteiger partial charge on any atom is -0.329 e. The first-order chi connectivity index (χ1) is 12.2. The van der Waals surface area contributed by atoms with E-state index in [4.69, 9.17) is 0 Å². The molecule has 1 saturated carbocycles. The van der Waals surface area contributed by atoms with Crippen LogP contribution in [0.2, 0.25) is 0 Å². The molecule has 0 atom stereocenters. The SMILES string of the molecule is CC(C)c1nnc(C[C@H]2CC[C@H](c3ccnc4ccccc43)CC2)[nH]1. The molecule has 1 N–H and O–H groups in total. The van der Waals surface area contributed by atoms with Crippen molar-refractivity contribution in [2.45, 2.75) is 57.8 Å². The Balaban J connectivity index is 1.42. The van der Waals surface area contributed by atoms with Crippen LogP contribution in [-0.2, 0) is 6.42 Å². The number of hydrogen-bond acceptors (Lipinski definition) is 3. The molecule has 0 unspecified atom stereocenters. The maximum atomic E-state index is 4.50. The van der Waals surface area contributed by atoms with E-state index in [9.17, 15) is 0 Å². The minimum atomic E-state index is 0.414. The highest BCUT2D eigenvalue weighted by Gasteiger charge is 2.24. The molecule has 1 aliphatic carbocycles. The summed E-state index contributed by atoms with van der Waals surface area (Å²) >= 11 is 0. The third-order valence-electron chi connectivity index (χ3n) is 5.55. The molecule has 0 saturated heterocycles. The molecule has 3 aromatic rings. The first kappa shape index (κ1) is 16.2. The molecular weight excluding hydrogens is 308 g/mol. The third-order valence-corrected chi connectivity index (χ3v) is 5.55. The normalized spacial score (nSPS) is 21.1. The van der Waals surface area contributed by atoms with E-state index < -0.39 is 0 Å². The molecule has 0 amide bonds. The zero-order valence-electron chi connectivity index (χ0n) is 15.1. The topological polar surface area (TPSA) is 54.5 Å². The summed E-state index contributed by atoms with van der Waals surface area (Å²) in [5.41, 5.74) is 2.59. The van der Waals surface area contributed by atoms with Crippen molar-refractivity contribution >= 4 is 10.9 Å². The molecule has 2 heterocycles. The fraction of sp³-hybridized carbons (Fsp3) is 0.476. The first-order valence-electron chi connectivity index (χ1n) is 9.46. The van der Waals surface area contributed by atoms with Gasteiger partial charge in [0, 0.05) is 23.9 Å². The van der Waals surface area contributed by atoms with Gasteiger partial charge in [-0.1, -0.05) is 32.0 Å². The van der Waals surface area contributed by atoms with E-state index in [0.717, 1.165) is 29.5 Å². The summed E-state index contributed by atoms with van der Waals surface area (Å²) in [6, 6.07) is 10.7. The number of para-hydroxylation sites is 1. The van der Waals surface area contributed by atoms with E-state index in [-0.39, 0.29) is 0 Å². The number of aromatic amines is 1. The fourth-order valence-corrected chi connectivity index (χ4v) is 4.09. The van der Waals surface area contributed by atoms with Crippen LogP contribution in [0.1, 0.15) is 68.6 Å². The number of hydrogen-bond donors (Lipinski definition) is 1. The van der Waals surface area contributed by atoms with Crippen LogP contribution in [0.4, 0.5) is 0 Å². The lowest BCUT2D eigenvalue weighted by Gasteiger charge is -2.29. The predicted molar refractivity (Wildman–Crippen MR) is 101 cm³/mol. The molecule has 0 aliphatic heterocycles. The molecule has 1 aromatic carbocycles. The number of nitrogens with zero attached hydrogens (tertiary/aromatic N) is 3. The number of H-pyrrole nitrogens is 1. The Morgan fingerprint density at radius 1 is 1.04 bits per heavy atom. The van der Waals surface area contributed by atoms with Crippen LogP contribution in [0.15, 0.2) is 36.5 Å². The van der Waals surface area contributed by atoms with Crippen LogP contribution in [0.5, 0.6) is 0 Å². The fourth-order valence-electron chi connectivity index (χ4n) is 4.09. The Bertz CT molecular complexity index is 838. The maximum Gasteiger partial charge on any atom is 0.132 e. The molecule has 25 heavy (non-hydrogen) atoms. The quantitative estimate of drug-likeness (QED) is 0.731. The molecule has 1 aliphatic rings. The summed E-state index contributed by atoms with van der Waals surface area (Å²) in [5.74, 6) is 3.85. The first-order valence-corrected chi connectivity index (χ1v) is 9.46. The van der Waals surface area contributed by atoms with Gasteiger partial charge in [0.15, 0.2) is 0 Å². The van der Waals surface area contributed by atoms with E-state index in [1.54, 1.807) is 0 Å². The summed E-state index contributed by atoms with van der Waals surface area (Å²) in [4.78, 5) is 7.90. The summed E-state index contributed by atoms with van der Waals surface area (Å²) in [6.07, 6.45) is 8.03. The Morgan fingerprint density at radius 2 is 1.84 bits per heavy atom. The van der Waals surface area contributed by atoms with Crippen molar-refractivity contribution in [3.8, 4) is 0 Å². The highest BCUT2D eigenvalue weighted by atomic mass is 15.2. The number of pyridine rings is 1. The second-order valence-electron chi connectivity index (χ2n) is 7.65. The van der Waals surface area contributed by atoms with Gasteiger partial charge >= 0.3 is 0 Å². The van der Waals surface area contributed by atoms with Crippen LogP contribution in [0.25, 0.3) is 10.9 Å². The Kier molecular flexibility index (Phi) is 4.51. The van der Waals surface area contributed by atoms with Gasteiger partial charge in [0.1, 0.15) is 11.6 Å². The average Bonchev–Trinajstić information content (AvgIpc) is 3.11. The largest absolute Gasteiger partial charge is 0.329 e. The summed E-state index contributed by atoms with van der Waals surface area (Å²) in [5, 5.41) is 9.93. The predicted octanol–water partition coefficient (Wildman–Crippen LogP) is 4.99. The van der Waals surface area contributed by atoms with Crippen LogP contribution >= 0.6 is 0 Å². The molecule has 0 spiro atoms. The van der Waals surface area contributed by atoms with Gasteiger partial charge in [-0.15, -0.1) is 10.2 Å². The van der Waals surface area contributed by atoms with E-state index >= 15 is 0 Å². The van der Waals surface area contributed by atoms with Crippen molar-refractivity contribution in [1.82, 2.24) is 20.2 Å². The molecule has 1 fully saturated rings. The summed E-state index contributed by atoms with van der Waals surface area (Å²) < 4.78 is 0. The van der Waals surface area contributed by atoms with Crippen molar-refractivity contribution in [3.63, 3.8) is 0 Å². The lowest BCUT2D eigenvalue weighted by molar-refractivity contribution is 0.321. The number of fused-ring (bicyclic) bond motifs is 1.